The molecule has 5 nitrogen and oxygen atoms in total. The molecule has 0 atom stereocenters. The smallest absolute Gasteiger partial charge is 0.255 e. The Morgan fingerprint density at radius 2 is 2.08 bits per heavy atom. The molecular formula is C20H24N4O. The molecule has 130 valence electrons. The molecule has 0 spiro atoms. The molecule has 0 aliphatic heterocycles. The Hall–Kier alpha value is -2.56. The van der Waals surface area contributed by atoms with E-state index in [4.69, 9.17) is 5.10 Å². The Morgan fingerprint density at radius 1 is 1.24 bits per heavy atom. The van der Waals surface area contributed by atoms with E-state index in [9.17, 15) is 4.79 Å². The van der Waals surface area contributed by atoms with Crippen molar-refractivity contribution in [3.05, 3.63) is 58.3 Å². The summed E-state index contributed by atoms with van der Waals surface area (Å²) in [4.78, 5) is 14.7. The van der Waals surface area contributed by atoms with Gasteiger partial charge in [0.05, 0.1) is 5.69 Å². The van der Waals surface area contributed by atoms with Crippen molar-refractivity contribution in [3.8, 4) is 0 Å². The second-order valence-electron chi connectivity index (χ2n) is 7.01. The number of nitrogens with one attached hydrogen (secondary N) is 2. The van der Waals surface area contributed by atoms with Crippen LogP contribution in [0.2, 0.25) is 0 Å². The number of nitrogens with zero attached hydrogens (tertiary/aromatic N) is 2. The first-order chi connectivity index (χ1) is 12.2. The molecule has 1 aliphatic rings. The number of aromatic amines is 1. The van der Waals surface area contributed by atoms with Gasteiger partial charge in [-0.05, 0) is 36.4 Å². The minimum atomic E-state index is -0.0505. The first-order valence-electron chi connectivity index (χ1n) is 9.08. The molecule has 1 saturated carbocycles. The second-order valence-corrected chi connectivity index (χ2v) is 7.01. The van der Waals surface area contributed by atoms with E-state index in [1.165, 1.54) is 43.4 Å². The topological polar surface area (TPSA) is 62.7 Å². The van der Waals surface area contributed by atoms with Crippen LogP contribution in [0.15, 0.2) is 41.5 Å². The number of pyridine rings is 1. The SMILES string of the molecule is Cn1cc(CNc2ccc3cc[nH]c(=O)c3c2)c(C2CCCCC2)n1. The molecule has 2 heterocycles. The number of aryl methyl sites for hydroxylation is 1. The normalized spacial score (nSPS) is 15.6. The molecule has 25 heavy (non-hydrogen) atoms. The summed E-state index contributed by atoms with van der Waals surface area (Å²) in [7, 11) is 1.99. The average molecular weight is 336 g/mol. The van der Waals surface area contributed by atoms with Gasteiger partial charge in [-0.15, -0.1) is 0 Å². The maximum Gasteiger partial charge on any atom is 0.255 e. The summed E-state index contributed by atoms with van der Waals surface area (Å²) in [5.74, 6) is 0.589. The molecule has 1 fully saturated rings. The van der Waals surface area contributed by atoms with Crippen molar-refractivity contribution in [2.45, 2.75) is 44.6 Å². The van der Waals surface area contributed by atoms with Crippen LogP contribution in [-0.4, -0.2) is 14.8 Å². The van der Waals surface area contributed by atoms with Crippen molar-refractivity contribution in [1.82, 2.24) is 14.8 Å². The van der Waals surface area contributed by atoms with E-state index in [0.29, 0.717) is 11.3 Å². The summed E-state index contributed by atoms with van der Waals surface area (Å²) in [5.41, 5.74) is 3.41. The van der Waals surface area contributed by atoms with E-state index in [1.54, 1.807) is 6.20 Å². The minimum absolute atomic E-state index is 0.0505. The minimum Gasteiger partial charge on any atom is -0.381 e. The number of benzene rings is 1. The Kier molecular flexibility index (Phi) is 4.30. The lowest BCUT2D eigenvalue weighted by Crippen LogP contribution is -2.10. The van der Waals surface area contributed by atoms with Crippen molar-refractivity contribution < 1.29 is 0 Å². The van der Waals surface area contributed by atoms with Gasteiger partial charge >= 0.3 is 0 Å². The summed E-state index contributed by atoms with van der Waals surface area (Å²) in [6, 6.07) is 7.85. The number of hydrogen-bond donors (Lipinski definition) is 2. The number of rotatable bonds is 4. The van der Waals surface area contributed by atoms with Crippen LogP contribution in [0.1, 0.15) is 49.3 Å². The lowest BCUT2D eigenvalue weighted by atomic mass is 9.85. The molecule has 1 aliphatic carbocycles. The molecule has 0 unspecified atom stereocenters. The lowest BCUT2D eigenvalue weighted by Gasteiger charge is -2.21. The third-order valence-electron chi connectivity index (χ3n) is 5.19. The fourth-order valence-electron chi connectivity index (χ4n) is 3.90. The monoisotopic (exact) mass is 336 g/mol. The fourth-order valence-corrected chi connectivity index (χ4v) is 3.90. The van der Waals surface area contributed by atoms with Crippen molar-refractivity contribution >= 4 is 16.5 Å². The maximum atomic E-state index is 12.0. The lowest BCUT2D eigenvalue weighted by molar-refractivity contribution is 0.432. The molecule has 0 bridgehead atoms. The van der Waals surface area contributed by atoms with Crippen LogP contribution in [0.25, 0.3) is 10.8 Å². The Labute approximate surface area is 147 Å². The average Bonchev–Trinajstić information content (AvgIpc) is 3.02. The number of anilines is 1. The Bertz CT molecular complexity index is 934. The molecular weight excluding hydrogens is 312 g/mol. The zero-order valence-corrected chi connectivity index (χ0v) is 14.6. The number of fused-ring (bicyclic) bond motifs is 1. The third kappa shape index (κ3) is 3.31. The highest BCUT2D eigenvalue weighted by molar-refractivity contribution is 5.84. The van der Waals surface area contributed by atoms with Gasteiger partial charge in [0, 0.05) is 48.5 Å². The third-order valence-corrected chi connectivity index (χ3v) is 5.19. The van der Waals surface area contributed by atoms with E-state index < -0.39 is 0 Å². The second kappa shape index (κ2) is 6.75. The summed E-state index contributed by atoms with van der Waals surface area (Å²) in [6.45, 7) is 0.732. The molecule has 2 N–H and O–H groups in total. The highest BCUT2D eigenvalue weighted by atomic mass is 16.1. The van der Waals surface area contributed by atoms with Crippen LogP contribution >= 0.6 is 0 Å². The van der Waals surface area contributed by atoms with Crippen molar-refractivity contribution in [3.63, 3.8) is 0 Å². The quantitative estimate of drug-likeness (QED) is 0.759. The van der Waals surface area contributed by atoms with Gasteiger partial charge in [0.2, 0.25) is 0 Å². The maximum absolute atomic E-state index is 12.0. The van der Waals surface area contributed by atoms with Crippen LogP contribution in [0.3, 0.4) is 0 Å². The van der Waals surface area contributed by atoms with Crippen LogP contribution in [0.5, 0.6) is 0 Å². The van der Waals surface area contributed by atoms with E-state index in [1.807, 2.05) is 36.0 Å². The first-order valence-corrected chi connectivity index (χ1v) is 9.08. The zero-order chi connectivity index (χ0) is 17.2. The van der Waals surface area contributed by atoms with Crippen molar-refractivity contribution in [1.29, 1.82) is 0 Å². The molecule has 3 aromatic rings. The van der Waals surface area contributed by atoms with Crippen LogP contribution in [0, 0.1) is 0 Å². The van der Waals surface area contributed by atoms with Gasteiger partial charge in [-0.3, -0.25) is 9.48 Å². The predicted molar refractivity (Wildman–Crippen MR) is 101 cm³/mol. The molecule has 4 rings (SSSR count). The summed E-state index contributed by atoms with van der Waals surface area (Å²) >= 11 is 0. The molecule has 1 aromatic carbocycles. The highest BCUT2D eigenvalue weighted by Crippen LogP contribution is 2.33. The van der Waals surface area contributed by atoms with E-state index in [2.05, 4.69) is 16.5 Å². The zero-order valence-electron chi connectivity index (χ0n) is 14.6. The van der Waals surface area contributed by atoms with Gasteiger partial charge in [-0.1, -0.05) is 25.3 Å². The van der Waals surface area contributed by atoms with E-state index in [0.717, 1.165) is 17.6 Å². The summed E-state index contributed by atoms with van der Waals surface area (Å²) in [6.07, 6.45) is 10.3. The van der Waals surface area contributed by atoms with Crippen molar-refractivity contribution in [2.24, 2.45) is 7.05 Å². The molecule has 0 amide bonds. The molecule has 5 heteroatoms. The van der Waals surface area contributed by atoms with Gasteiger partial charge < -0.3 is 10.3 Å². The number of aromatic nitrogens is 3. The Morgan fingerprint density at radius 3 is 2.92 bits per heavy atom. The number of H-pyrrole nitrogens is 1. The van der Waals surface area contributed by atoms with Gasteiger partial charge in [0.1, 0.15) is 0 Å². The predicted octanol–water partition coefficient (Wildman–Crippen LogP) is 3.92. The van der Waals surface area contributed by atoms with Crippen molar-refractivity contribution in [2.75, 3.05) is 5.32 Å². The van der Waals surface area contributed by atoms with Crippen LogP contribution < -0.4 is 10.9 Å². The largest absolute Gasteiger partial charge is 0.381 e. The highest BCUT2D eigenvalue weighted by Gasteiger charge is 2.21. The summed E-state index contributed by atoms with van der Waals surface area (Å²) in [5, 5.41) is 9.87. The first kappa shape index (κ1) is 15.9. The van der Waals surface area contributed by atoms with E-state index in [-0.39, 0.29) is 5.56 Å². The van der Waals surface area contributed by atoms with Crippen LogP contribution in [-0.2, 0) is 13.6 Å². The van der Waals surface area contributed by atoms with Gasteiger partial charge in [-0.2, -0.15) is 5.10 Å². The van der Waals surface area contributed by atoms with E-state index >= 15 is 0 Å². The standard InChI is InChI=1S/C20H24N4O/c1-24-13-16(19(23-24)15-5-3-2-4-6-15)12-22-17-8-7-14-9-10-21-20(25)18(14)11-17/h7-11,13,15,22H,2-6,12H2,1H3,(H,21,25). The molecule has 2 aromatic heterocycles. The summed E-state index contributed by atoms with van der Waals surface area (Å²) < 4.78 is 1.92. The number of hydrogen-bond acceptors (Lipinski definition) is 3. The molecule has 0 radical (unpaired) electrons. The Balaban J connectivity index is 1.55. The van der Waals surface area contributed by atoms with Gasteiger partial charge in [-0.25, -0.2) is 0 Å². The van der Waals surface area contributed by atoms with Crippen LogP contribution in [0.4, 0.5) is 5.69 Å². The van der Waals surface area contributed by atoms with Gasteiger partial charge in [0.25, 0.3) is 5.56 Å². The fraction of sp³-hybridized carbons (Fsp3) is 0.400. The van der Waals surface area contributed by atoms with Gasteiger partial charge in [0.15, 0.2) is 0 Å². The molecule has 0 saturated heterocycles.